The van der Waals surface area contributed by atoms with Crippen molar-refractivity contribution in [2.75, 3.05) is 13.2 Å². The van der Waals surface area contributed by atoms with Crippen LogP contribution in [-0.2, 0) is 11.1 Å². The molecule has 3 aromatic carbocycles. The van der Waals surface area contributed by atoms with Gasteiger partial charge in [-0.25, -0.2) is 0 Å². The highest BCUT2D eigenvalue weighted by molar-refractivity contribution is 7.68. The van der Waals surface area contributed by atoms with E-state index < -0.39 is 8.15 Å². The van der Waals surface area contributed by atoms with Crippen molar-refractivity contribution in [2.24, 2.45) is 0 Å². The second-order valence-electron chi connectivity index (χ2n) is 5.46. The van der Waals surface area contributed by atoms with E-state index >= 15 is 0 Å². The fraction of sp³-hybridized carbons (Fsp3) is 0.143. The highest BCUT2D eigenvalue weighted by atomic mass is 31.1. The summed E-state index contributed by atoms with van der Waals surface area (Å²) in [5, 5.41) is 5.95. The molecule has 0 heterocycles. The summed E-state index contributed by atoms with van der Waals surface area (Å²) in [5.41, 5.74) is 1.30. The number of benzene rings is 3. The molecule has 0 unspecified atom stereocenters. The van der Waals surface area contributed by atoms with E-state index in [-0.39, 0.29) is 0 Å². The zero-order chi connectivity index (χ0) is 16.5. The van der Waals surface area contributed by atoms with Gasteiger partial charge in [0.05, 0.1) is 14.8 Å². The van der Waals surface area contributed by atoms with Gasteiger partial charge in [-0.15, -0.1) is 0 Å². The van der Waals surface area contributed by atoms with Gasteiger partial charge in [0.15, 0.2) is 0 Å². The summed E-state index contributed by atoms with van der Waals surface area (Å²) in [7, 11) is -0.762. The van der Waals surface area contributed by atoms with Crippen LogP contribution < -0.4 is 15.9 Å². The van der Waals surface area contributed by atoms with Crippen molar-refractivity contribution in [1.29, 1.82) is 0 Å². The van der Waals surface area contributed by atoms with Crippen molar-refractivity contribution in [3.63, 3.8) is 0 Å². The molecular formula is C21H22NOP. The molecule has 0 atom stereocenters. The monoisotopic (exact) mass is 335 g/mol. The Bertz CT molecular complexity index is 664. The van der Waals surface area contributed by atoms with Gasteiger partial charge in [0.2, 0.25) is 0 Å². The molecule has 3 rings (SSSR count). The molecule has 0 aromatic heterocycles. The van der Waals surface area contributed by atoms with Gasteiger partial charge in [0, 0.05) is 23.7 Å². The fourth-order valence-electron chi connectivity index (χ4n) is 2.46. The third-order valence-electron chi connectivity index (χ3n) is 3.65. The Balaban J connectivity index is 1.55. The van der Waals surface area contributed by atoms with Gasteiger partial charge in [-0.1, -0.05) is 91.0 Å². The highest BCUT2D eigenvalue weighted by Gasteiger charge is 2.14. The Kier molecular flexibility index (Phi) is 6.56. The quantitative estimate of drug-likeness (QED) is 0.499. The summed E-state index contributed by atoms with van der Waals surface area (Å²) >= 11 is 0. The first-order valence-corrected chi connectivity index (χ1v) is 9.47. The van der Waals surface area contributed by atoms with Crippen molar-refractivity contribution >= 4 is 18.8 Å². The molecule has 0 amide bonds. The van der Waals surface area contributed by atoms with Crippen LogP contribution in [-0.4, -0.2) is 13.2 Å². The van der Waals surface area contributed by atoms with E-state index in [1.165, 1.54) is 16.2 Å². The van der Waals surface area contributed by atoms with Crippen LogP contribution >= 0.6 is 8.15 Å². The molecule has 0 spiro atoms. The van der Waals surface area contributed by atoms with E-state index in [9.17, 15) is 0 Å². The molecule has 0 fully saturated rings. The molecular weight excluding hydrogens is 313 g/mol. The maximum Gasteiger partial charge on any atom is 0.0918 e. The average molecular weight is 335 g/mol. The van der Waals surface area contributed by atoms with Crippen LogP contribution in [0.15, 0.2) is 91.0 Å². The molecule has 24 heavy (non-hydrogen) atoms. The number of hydrogen-bond donors (Lipinski definition) is 1. The molecule has 0 bridgehead atoms. The van der Waals surface area contributed by atoms with Crippen molar-refractivity contribution in [2.45, 2.75) is 6.54 Å². The molecule has 2 nitrogen and oxygen atoms in total. The molecule has 0 radical (unpaired) electrons. The first-order valence-electron chi connectivity index (χ1n) is 8.21. The first-order chi connectivity index (χ1) is 11.9. The molecule has 122 valence electrons. The summed E-state index contributed by atoms with van der Waals surface area (Å²) in [5.74, 6) is 0. The van der Waals surface area contributed by atoms with Gasteiger partial charge in [-0.05, 0) is 5.56 Å². The normalized spacial score (nSPS) is 10.9. The van der Waals surface area contributed by atoms with E-state index in [0.29, 0.717) is 6.61 Å². The molecule has 0 aliphatic rings. The SMILES string of the molecule is c1ccc(CNCCOP(c2ccccc2)c2ccccc2)cc1. The lowest BCUT2D eigenvalue weighted by atomic mass is 10.2. The third kappa shape index (κ3) is 5.01. The lowest BCUT2D eigenvalue weighted by Gasteiger charge is -2.18. The summed E-state index contributed by atoms with van der Waals surface area (Å²) in [6, 6.07) is 31.4. The number of rotatable bonds is 8. The van der Waals surface area contributed by atoms with Crippen LogP contribution in [0.1, 0.15) is 5.56 Å². The Labute approximate surface area is 145 Å². The Morgan fingerprint density at radius 3 is 1.71 bits per heavy atom. The van der Waals surface area contributed by atoms with Crippen LogP contribution in [0.2, 0.25) is 0 Å². The third-order valence-corrected chi connectivity index (χ3v) is 5.63. The molecule has 0 saturated heterocycles. The number of nitrogens with one attached hydrogen (secondary N) is 1. The molecule has 3 heteroatoms. The van der Waals surface area contributed by atoms with Crippen LogP contribution in [0.4, 0.5) is 0 Å². The van der Waals surface area contributed by atoms with Crippen LogP contribution in [0.5, 0.6) is 0 Å². The van der Waals surface area contributed by atoms with Crippen LogP contribution in [0.3, 0.4) is 0 Å². The summed E-state index contributed by atoms with van der Waals surface area (Å²) in [6.45, 7) is 2.41. The minimum absolute atomic E-state index is 0.697. The van der Waals surface area contributed by atoms with Gasteiger partial charge in [-0.3, -0.25) is 0 Å². The molecule has 3 aromatic rings. The highest BCUT2D eigenvalue weighted by Crippen LogP contribution is 2.34. The molecule has 0 aliphatic heterocycles. The number of hydrogen-bond acceptors (Lipinski definition) is 2. The minimum Gasteiger partial charge on any atom is -0.348 e. The summed E-state index contributed by atoms with van der Waals surface area (Å²) < 4.78 is 6.25. The second-order valence-corrected chi connectivity index (χ2v) is 7.34. The smallest absolute Gasteiger partial charge is 0.0918 e. The van der Waals surface area contributed by atoms with Gasteiger partial charge >= 0.3 is 0 Å². The Morgan fingerprint density at radius 2 is 1.17 bits per heavy atom. The Hall–Kier alpha value is -1.99. The van der Waals surface area contributed by atoms with E-state index in [0.717, 1.165) is 13.1 Å². The van der Waals surface area contributed by atoms with E-state index in [1.807, 2.05) is 18.2 Å². The lowest BCUT2D eigenvalue weighted by molar-refractivity contribution is 0.354. The fourth-order valence-corrected chi connectivity index (χ4v) is 4.22. The topological polar surface area (TPSA) is 21.3 Å². The van der Waals surface area contributed by atoms with Crippen molar-refractivity contribution < 1.29 is 4.52 Å². The molecule has 0 aliphatic carbocycles. The van der Waals surface area contributed by atoms with Crippen molar-refractivity contribution in [1.82, 2.24) is 5.32 Å². The standard InChI is InChI=1S/C21H22NOP/c1-4-10-19(11-5-1)18-22-16-17-23-24(20-12-6-2-7-13-20)21-14-8-3-9-15-21/h1-15,22H,16-18H2. The van der Waals surface area contributed by atoms with Crippen molar-refractivity contribution in [3.8, 4) is 0 Å². The van der Waals surface area contributed by atoms with Crippen LogP contribution in [0.25, 0.3) is 0 Å². The van der Waals surface area contributed by atoms with Gasteiger partial charge in [0.25, 0.3) is 0 Å². The maximum atomic E-state index is 6.25. The molecule has 0 saturated carbocycles. The van der Waals surface area contributed by atoms with Crippen LogP contribution in [0, 0.1) is 0 Å². The summed E-state index contributed by atoms with van der Waals surface area (Å²) in [4.78, 5) is 0. The van der Waals surface area contributed by atoms with Gasteiger partial charge < -0.3 is 9.84 Å². The molecule has 1 N–H and O–H groups in total. The maximum absolute atomic E-state index is 6.25. The van der Waals surface area contributed by atoms with E-state index in [1.54, 1.807) is 0 Å². The van der Waals surface area contributed by atoms with Gasteiger partial charge in [0.1, 0.15) is 0 Å². The zero-order valence-electron chi connectivity index (χ0n) is 13.6. The minimum atomic E-state index is -0.762. The van der Waals surface area contributed by atoms with E-state index in [2.05, 4.69) is 78.1 Å². The van der Waals surface area contributed by atoms with E-state index in [4.69, 9.17) is 4.52 Å². The predicted octanol–water partition coefficient (Wildman–Crippen LogP) is 3.84. The lowest BCUT2D eigenvalue weighted by Crippen LogP contribution is -2.21. The van der Waals surface area contributed by atoms with Crippen molar-refractivity contribution in [3.05, 3.63) is 96.6 Å². The largest absolute Gasteiger partial charge is 0.348 e. The zero-order valence-corrected chi connectivity index (χ0v) is 14.5. The predicted molar refractivity (Wildman–Crippen MR) is 103 cm³/mol. The second kappa shape index (κ2) is 9.34. The van der Waals surface area contributed by atoms with Gasteiger partial charge in [-0.2, -0.15) is 0 Å². The average Bonchev–Trinajstić information content (AvgIpc) is 2.67. The first kappa shape index (κ1) is 16.9. The summed E-state index contributed by atoms with van der Waals surface area (Å²) in [6.07, 6.45) is 0. The Morgan fingerprint density at radius 1 is 0.667 bits per heavy atom.